The molecule has 1 aliphatic rings. The SMILES string of the molecule is CCOc1cc(CCC(=O)N2CCC(c3nc4ccccn4c3NC(C)(C)C)CC2)on1. The summed E-state index contributed by atoms with van der Waals surface area (Å²) >= 11 is 0. The lowest BCUT2D eigenvalue weighted by atomic mass is 9.92. The number of rotatable bonds is 7. The highest BCUT2D eigenvalue weighted by atomic mass is 16.5. The highest BCUT2D eigenvalue weighted by Gasteiger charge is 2.29. The monoisotopic (exact) mass is 439 g/mol. The fourth-order valence-electron chi connectivity index (χ4n) is 4.20. The zero-order valence-corrected chi connectivity index (χ0v) is 19.4. The van der Waals surface area contributed by atoms with Crippen LogP contribution in [0.25, 0.3) is 5.65 Å². The number of amides is 1. The predicted octanol–water partition coefficient (Wildman–Crippen LogP) is 4.27. The summed E-state index contributed by atoms with van der Waals surface area (Å²) in [6.07, 6.45) is 4.82. The molecule has 172 valence electrons. The van der Waals surface area contributed by atoms with Crippen LogP contribution in [-0.4, -0.2) is 50.6 Å². The van der Waals surface area contributed by atoms with Crippen LogP contribution in [0.1, 0.15) is 64.3 Å². The third kappa shape index (κ3) is 5.06. The van der Waals surface area contributed by atoms with Crippen LogP contribution in [-0.2, 0) is 11.2 Å². The second kappa shape index (κ2) is 9.22. The maximum absolute atomic E-state index is 12.7. The first-order valence-electron chi connectivity index (χ1n) is 11.5. The van der Waals surface area contributed by atoms with Crippen molar-refractivity contribution in [3.8, 4) is 5.88 Å². The second-order valence-corrected chi connectivity index (χ2v) is 9.37. The molecule has 32 heavy (non-hydrogen) atoms. The van der Waals surface area contributed by atoms with Gasteiger partial charge in [-0.15, -0.1) is 0 Å². The van der Waals surface area contributed by atoms with Crippen molar-refractivity contribution in [2.24, 2.45) is 0 Å². The van der Waals surface area contributed by atoms with Gasteiger partial charge in [-0.1, -0.05) is 6.07 Å². The molecule has 1 amide bonds. The number of nitrogens with one attached hydrogen (secondary N) is 1. The van der Waals surface area contributed by atoms with Crippen LogP contribution < -0.4 is 10.1 Å². The number of hydrogen-bond donors (Lipinski definition) is 1. The predicted molar refractivity (Wildman–Crippen MR) is 123 cm³/mol. The molecule has 0 aliphatic carbocycles. The molecule has 0 spiro atoms. The molecule has 1 saturated heterocycles. The fraction of sp³-hybridized carbons (Fsp3) is 0.542. The molecule has 4 rings (SSSR count). The molecule has 0 aromatic carbocycles. The minimum absolute atomic E-state index is 0.0695. The van der Waals surface area contributed by atoms with Gasteiger partial charge in [-0.05, 0) is 57.8 Å². The van der Waals surface area contributed by atoms with Gasteiger partial charge in [-0.3, -0.25) is 9.20 Å². The van der Waals surface area contributed by atoms with Gasteiger partial charge >= 0.3 is 0 Å². The van der Waals surface area contributed by atoms with Gasteiger partial charge in [0.2, 0.25) is 5.91 Å². The summed E-state index contributed by atoms with van der Waals surface area (Å²) in [6.45, 7) is 10.4. The van der Waals surface area contributed by atoms with Gasteiger partial charge in [0.05, 0.1) is 12.3 Å². The number of ether oxygens (including phenoxy) is 1. The summed E-state index contributed by atoms with van der Waals surface area (Å²) in [7, 11) is 0. The van der Waals surface area contributed by atoms with Gasteiger partial charge in [0, 0.05) is 49.7 Å². The molecule has 1 aliphatic heterocycles. The number of carbonyl (C=O) groups is 1. The van der Waals surface area contributed by atoms with Crippen molar-refractivity contribution in [1.82, 2.24) is 19.4 Å². The number of carbonyl (C=O) groups excluding carboxylic acids is 1. The van der Waals surface area contributed by atoms with E-state index in [-0.39, 0.29) is 11.4 Å². The van der Waals surface area contributed by atoms with E-state index in [1.807, 2.05) is 30.0 Å². The van der Waals surface area contributed by atoms with Gasteiger partial charge in [-0.2, -0.15) is 0 Å². The van der Waals surface area contributed by atoms with E-state index >= 15 is 0 Å². The molecule has 8 nitrogen and oxygen atoms in total. The van der Waals surface area contributed by atoms with E-state index in [1.165, 1.54) is 0 Å². The number of imidazole rings is 1. The molecule has 0 saturated carbocycles. The molecule has 3 aromatic heterocycles. The number of aryl methyl sites for hydroxylation is 1. The van der Waals surface area contributed by atoms with Crippen LogP contribution in [0.3, 0.4) is 0 Å². The third-order valence-electron chi connectivity index (χ3n) is 5.70. The minimum Gasteiger partial charge on any atom is -0.476 e. The number of nitrogens with zero attached hydrogens (tertiary/aromatic N) is 4. The Morgan fingerprint density at radius 1 is 1.28 bits per heavy atom. The van der Waals surface area contributed by atoms with Gasteiger partial charge < -0.3 is 19.5 Å². The number of piperidine rings is 1. The van der Waals surface area contributed by atoms with Crippen molar-refractivity contribution in [1.29, 1.82) is 0 Å². The average Bonchev–Trinajstić information content (AvgIpc) is 3.36. The van der Waals surface area contributed by atoms with E-state index < -0.39 is 0 Å². The van der Waals surface area contributed by atoms with E-state index in [9.17, 15) is 4.79 Å². The molecule has 0 radical (unpaired) electrons. The Balaban J connectivity index is 1.38. The second-order valence-electron chi connectivity index (χ2n) is 9.37. The third-order valence-corrected chi connectivity index (χ3v) is 5.70. The van der Waals surface area contributed by atoms with Crippen molar-refractivity contribution in [3.63, 3.8) is 0 Å². The van der Waals surface area contributed by atoms with Crippen LogP contribution in [0, 0.1) is 0 Å². The number of aromatic nitrogens is 3. The first-order chi connectivity index (χ1) is 15.3. The number of likely N-dealkylation sites (tertiary alicyclic amines) is 1. The smallest absolute Gasteiger partial charge is 0.254 e. The highest BCUT2D eigenvalue weighted by Crippen LogP contribution is 2.34. The molecule has 4 heterocycles. The van der Waals surface area contributed by atoms with E-state index in [2.05, 4.69) is 41.8 Å². The van der Waals surface area contributed by atoms with Crippen molar-refractivity contribution < 1.29 is 14.1 Å². The van der Waals surface area contributed by atoms with Crippen LogP contribution in [0.15, 0.2) is 35.0 Å². The Kier molecular flexibility index (Phi) is 6.39. The molecular formula is C24H33N5O3. The zero-order chi connectivity index (χ0) is 22.7. The first kappa shape index (κ1) is 22.2. The summed E-state index contributed by atoms with van der Waals surface area (Å²) in [5.41, 5.74) is 1.98. The molecule has 1 N–H and O–H groups in total. The van der Waals surface area contributed by atoms with Gasteiger partial charge in [0.25, 0.3) is 5.88 Å². The van der Waals surface area contributed by atoms with Crippen molar-refractivity contribution >= 4 is 17.4 Å². The zero-order valence-electron chi connectivity index (χ0n) is 19.4. The summed E-state index contributed by atoms with van der Waals surface area (Å²) < 4.78 is 12.7. The molecule has 0 unspecified atom stereocenters. The summed E-state index contributed by atoms with van der Waals surface area (Å²) in [5, 5.41) is 7.50. The first-order valence-corrected chi connectivity index (χ1v) is 11.5. The fourth-order valence-corrected chi connectivity index (χ4v) is 4.20. The van der Waals surface area contributed by atoms with Gasteiger partial charge in [0.15, 0.2) is 0 Å². The highest BCUT2D eigenvalue weighted by molar-refractivity contribution is 5.76. The Morgan fingerprint density at radius 2 is 2.06 bits per heavy atom. The summed E-state index contributed by atoms with van der Waals surface area (Å²) in [6, 6.07) is 7.84. The number of hydrogen-bond acceptors (Lipinski definition) is 6. The minimum atomic E-state index is -0.0695. The van der Waals surface area contributed by atoms with Gasteiger partial charge in [-0.25, -0.2) is 4.98 Å². The maximum atomic E-state index is 12.7. The number of pyridine rings is 1. The normalized spacial score (nSPS) is 15.3. The number of anilines is 1. The molecule has 3 aromatic rings. The van der Waals surface area contributed by atoms with Crippen molar-refractivity contribution in [3.05, 3.63) is 41.9 Å². The molecular weight excluding hydrogens is 406 g/mol. The number of fused-ring (bicyclic) bond motifs is 1. The molecule has 1 fully saturated rings. The van der Waals surface area contributed by atoms with E-state index in [0.717, 1.165) is 43.1 Å². The average molecular weight is 440 g/mol. The lowest BCUT2D eigenvalue weighted by Crippen LogP contribution is -2.38. The molecule has 0 bridgehead atoms. The van der Waals surface area contributed by atoms with Crippen molar-refractivity contribution in [2.45, 2.75) is 64.8 Å². The maximum Gasteiger partial charge on any atom is 0.254 e. The topological polar surface area (TPSA) is 84.9 Å². The van der Waals surface area contributed by atoms with Crippen LogP contribution in [0.4, 0.5) is 5.82 Å². The lowest BCUT2D eigenvalue weighted by Gasteiger charge is -2.32. The van der Waals surface area contributed by atoms with Gasteiger partial charge in [0.1, 0.15) is 17.2 Å². The molecule has 0 atom stereocenters. The van der Waals surface area contributed by atoms with Crippen molar-refractivity contribution in [2.75, 3.05) is 25.0 Å². The Morgan fingerprint density at radius 3 is 2.78 bits per heavy atom. The Hall–Kier alpha value is -3.03. The van der Waals surface area contributed by atoms with E-state index in [0.29, 0.717) is 37.0 Å². The molecule has 8 heteroatoms. The van der Waals surface area contributed by atoms with E-state index in [4.69, 9.17) is 14.2 Å². The van der Waals surface area contributed by atoms with Crippen LogP contribution >= 0.6 is 0 Å². The Labute approximate surface area is 188 Å². The summed E-state index contributed by atoms with van der Waals surface area (Å²) in [4.78, 5) is 19.7. The summed E-state index contributed by atoms with van der Waals surface area (Å²) in [5.74, 6) is 2.70. The standard InChI is InChI=1S/C24H33N5O3/c1-5-31-20-16-18(32-27-20)9-10-21(30)28-14-11-17(12-15-28)22-23(26-24(2,3)4)29-13-7-6-8-19(29)25-22/h6-8,13,16-17,26H,5,9-12,14-15H2,1-4H3. The van der Waals surface area contributed by atoms with Crippen LogP contribution in [0.2, 0.25) is 0 Å². The Bertz CT molecular complexity index is 1060. The van der Waals surface area contributed by atoms with E-state index in [1.54, 1.807) is 6.07 Å². The lowest BCUT2D eigenvalue weighted by molar-refractivity contribution is -0.132. The van der Waals surface area contributed by atoms with Crippen LogP contribution in [0.5, 0.6) is 5.88 Å². The largest absolute Gasteiger partial charge is 0.476 e. The quantitative estimate of drug-likeness (QED) is 0.592.